The van der Waals surface area contributed by atoms with Crippen molar-refractivity contribution >= 4 is 29.0 Å². The third kappa shape index (κ3) is 2.63. The molecule has 0 bridgehead atoms. The number of carbonyl (C=O) groups is 2. The first-order valence-corrected chi connectivity index (χ1v) is 4.72. The topological polar surface area (TPSA) is 55.4 Å². The van der Waals surface area contributed by atoms with Crippen molar-refractivity contribution in [2.75, 3.05) is 6.61 Å². The number of esters is 1. The zero-order chi connectivity index (χ0) is 10.6. The first-order chi connectivity index (χ1) is 6.65. The highest BCUT2D eigenvalue weighted by atomic mass is 32.1. The first kappa shape index (κ1) is 10.8. The van der Waals surface area contributed by atoms with Crippen LogP contribution in [0, 0.1) is 5.92 Å². The summed E-state index contributed by atoms with van der Waals surface area (Å²) in [6.07, 6.45) is 3.11. The molecule has 0 saturated heterocycles. The Morgan fingerprint density at radius 2 is 2.43 bits per heavy atom. The van der Waals surface area contributed by atoms with Gasteiger partial charge >= 0.3 is 5.97 Å². The molecular weight excluding hydrogens is 202 g/mol. The van der Waals surface area contributed by atoms with Crippen molar-refractivity contribution in [2.24, 2.45) is 5.92 Å². The Morgan fingerprint density at radius 3 is 3.00 bits per heavy atom. The van der Waals surface area contributed by atoms with Gasteiger partial charge in [0.1, 0.15) is 0 Å². The molecule has 0 aliphatic carbocycles. The van der Waals surface area contributed by atoms with E-state index in [1.54, 1.807) is 13.0 Å². The van der Waals surface area contributed by atoms with E-state index >= 15 is 0 Å². The number of amides is 1. The molecule has 5 heteroatoms. The molecule has 1 heterocycles. The predicted octanol–water partition coefficient (Wildman–Crippen LogP) is 0.569. The second-order valence-electron chi connectivity index (χ2n) is 2.81. The van der Waals surface area contributed by atoms with Gasteiger partial charge in [0, 0.05) is 11.1 Å². The van der Waals surface area contributed by atoms with Crippen LogP contribution in [0.5, 0.6) is 0 Å². The molecule has 14 heavy (non-hydrogen) atoms. The Kier molecular flexibility index (Phi) is 3.76. The molecule has 1 N–H and O–H groups in total. The summed E-state index contributed by atoms with van der Waals surface area (Å²) in [4.78, 5) is 22.9. The maximum Gasteiger partial charge on any atom is 0.306 e. The lowest BCUT2D eigenvalue weighted by molar-refractivity contribution is -0.145. The number of thiocarbonyl (C=S) groups is 1. The van der Waals surface area contributed by atoms with Crippen LogP contribution in [-0.4, -0.2) is 23.3 Å². The highest BCUT2D eigenvalue weighted by molar-refractivity contribution is 7.80. The van der Waals surface area contributed by atoms with Gasteiger partial charge in [0.15, 0.2) is 0 Å². The molecule has 0 aromatic heterocycles. The van der Waals surface area contributed by atoms with Crippen LogP contribution in [0.1, 0.15) is 13.3 Å². The number of carbonyl (C=O) groups excluding carboxylic acids is 2. The summed E-state index contributed by atoms with van der Waals surface area (Å²) >= 11 is 4.95. The lowest BCUT2D eigenvalue weighted by atomic mass is 9.98. The fourth-order valence-electron chi connectivity index (χ4n) is 1.13. The van der Waals surface area contributed by atoms with Gasteiger partial charge in [0.2, 0.25) is 5.91 Å². The molecule has 1 unspecified atom stereocenters. The molecule has 0 fully saturated rings. The van der Waals surface area contributed by atoms with Crippen molar-refractivity contribution in [3.63, 3.8) is 0 Å². The van der Waals surface area contributed by atoms with E-state index in [-0.39, 0.29) is 12.3 Å². The van der Waals surface area contributed by atoms with Gasteiger partial charge in [-0.3, -0.25) is 9.59 Å². The van der Waals surface area contributed by atoms with Crippen LogP contribution in [0.3, 0.4) is 0 Å². The van der Waals surface area contributed by atoms with E-state index in [1.807, 2.05) is 0 Å². The third-order valence-electron chi connectivity index (χ3n) is 1.81. The number of hydrogen-bond donors (Lipinski definition) is 1. The Bertz CT molecular complexity index is 298. The largest absolute Gasteiger partial charge is 0.466 e. The summed E-state index contributed by atoms with van der Waals surface area (Å²) in [5.74, 6) is -1.20. The molecule has 1 amide bonds. The predicted molar refractivity (Wildman–Crippen MR) is 54.6 cm³/mol. The minimum atomic E-state index is -0.561. The van der Waals surface area contributed by atoms with Gasteiger partial charge in [-0.15, -0.1) is 0 Å². The monoisotopic (exact) mass is 213 g/mol. The van der Waals surface area contributed by atoms with Gasteiger partial charge < -0.3 is 10.1 Å². The lowest BCUT2D eigenvalue weighted by Crippen LogP contribution is -2.36. The minimum Gasteiger partial charge on any atom is -0.466 e. The van der Waals surface area contributed by atoms with Crippen molar-refractivity contribution in [2.45, 2.75) is 13.3 Å². The fraction of sp³-hybridized carbons (Fsp3) is 0.444. The molecule has 0 aromatic rings. The zero-order valence-electron chi connectivity index (χ0n) is 7.78. The van der Waals surface area contributed by atoms with Crippen molar-refractivity contribution in [1.29, 1.82) is 0 Å². The zero-order valence-corrected chi connectivity index (χ0v) is 8.60. The minimum absolute atomic E-state index is 0.0167. The lowest BCUT2D eigenvalue weighted by Gasteiger charge is -2.17. The molecule has 1 atom stereocenters. The van der Waals surface area contributed by atoms with Gasteiger partial charge in [-0.25, -0.2) is 0 Å². The SMILES string of the molecule is CCOC(=O)CC1C(=O)NC=CC1=S. The molecule has 1 aliphatic heterocycles. The molecule has 0 saturated carbocycles. The van der Waals surface area contributed by atoms with Crippen LogP contribution >= 0.6 is 12.2 Å². The first-order valence-electron chi connectivity index (χ1n) is 4.31. The van der Waals surface area contributed by atoms with Gasteiger partial charge in [0.05, 0.1) is 18.9 Å². The van der Waals surface area contributed by atoms with Gasteiger partial charge in [-0.05, 0) is 13.0 Å². The molecule has 0 spiro atoms. The number of ether oxygens (including phenoxy) is 1. The Balaban J connectivity index is 2.58. The highest BCUT2D eigenvalue weighted by Gasteiger charge is 2.27. The van der Waals surface area contributed by atoms with Gasteiger partial charge in [-0.2, -0.15) is 0 Å². The normalized spacial score (nSPS) is 20.5. The van der Waals surface area contributed by atoms with Crippen molar-refractivity contribution in [3.8, 4) is 0 Å². The summed E-state index contributed by atoms with van der Waals surface area (Å²) in [5.41, 5.74) is 0. The number of hydrogen-bond acceptors (Lipinski definition) is 4. The average molecular weight is 213 g/mol. The quantitative estimate of drug-likeness (QED) is 0.550. The van der Waals surface area contributed by atoms with Gasteiger partial charge in [-0.1, -0.05) is 12.2 Å². The van der Waals surface area contributed by atoms with E-state index in [1.165, 1.54) is 6.20 Å². The number of nitrogens with one attached hydrogen (secondary N) is 1. The molecule has 0 radical (unpaired) electrons. The van der Waals surface area contributed by atoms with E-state index in [4.69, 9.17) is 17.0 Å². The van der Waals surface area contributed by atoms with E-state index < -0.39 is 11.9 Å². The Morgan fingerprint density at radius 1 is 1.71 bits per heavy atom. The maximum atomic E-state index is 11.3. The standard InChI is InChI=1S/C9H11NO3S/c1-2-13-8(11)5-6-7(14)3-4-10-9(6)12/h3-4,6H,2,5H2,1H3,(H,10,12). The maximum absolute atomic E-state index is 11.3. The van der Waals surface area contributed by atoms with Crippen LogP contribution in [0.25, 0.3) is 0 Å². The third-order valence-corrected chi connectivity index (χ3v) is 2.23. The van der Waals surface area contributed by atoms with Crippen LogP contribution in [-0.2, 0) is 14.3 Å². The van der Waals surface area contributed by atoms with E-state index in [0.717, 1.165) is 0 Å². The molecule has 76 valence electrons. The van der Waals surface area contributed by atoms with Crippen molar-refractivity contribution in [3.05, 3.63) is 12.3 Å². The Hall–Kier alpha value is -1.23. The molecule has 0 aromatic carbocycles. The van der Waals surface area contributed by atoms with E-state index in [0.29, 0.717) is 11.5 Å². The molecule has 1 rings (SSSR count). The summed E-state index contributed by atoms with van der Waals surface area (Å²) in [6, 6.07) is 0. The molecule has 4 nitrogen and oxygen atoms in total. The van der Waals surface area contributed by atoms with Crippen LogP contribution in [0.4, 0.5) is 0 Å². The fourth-order valence-corrected chi connectivity index (χ4v) is 1.39. The van der Waals surface area contributed by atoms with Crippen molar-refractivity contribution < 1.29 is 14.3 Å². The second kappa shape index (κ2) is 4.85. The van der Waals surface area contributed by atoms with Crippen molar-refractivity contribution in [1.82, 2.24) is 5.32 Å². The summed E-state index contributed by atoms with van der Waals surface area (Å²) in [5, 5.41) is 2.50. The summed E-state index contributed by atoms with van der Waals surface area (Å²) in [7, 11) is 0. The average Bonchev–Trinajstić information content (AvgIpc) is 2.12. The second-order valence-corrected chi connectivity index (χ2v) is 3.28. The number of rotatable bonds is 3. The summed E-state index contributed by atoms with van der Waals surface area (Å²) < 4.78 is 4.74. The van der Waals surface area contributed by atoms with Crippen LogP contribution in [0.2, 0.25) is 0 Å². The van der Waals surface area contributed by atoms with E-state index in [9.17, 15) is 9.59 Å². The van der Waals surface area contributed by atoms with Crippen LogP contribution < -0.4 is 5.32 Å². The molecular formula is C9H11NO3S. The van der Waals surface area contributed by atoms with Crippen LogP contribution in [0.15, 0.2) is 12.3 Å². The van der Waals surface area contributed by atoms with Gasteiger partial charge in [0.25, 0.3) is 0 Å². The Labute approximate surface area is 87.3 Å². The molecule has 1 aliphatic rings. The highest BCUT2D eigenvalue weighted by Crippen LogP contribution is 2.12. The van der Waals surface area contributed by atoms with E-state index in [2.05, 4.69) is 5.32 Å². The summed E-state index contributed by atoms with van der Waals surface area (Å²) in [6.45, 7) is 2.03. The smallest absolute Gasteiger partial charge is 0.306 e. The number of allylic oxidation sites excluding steroid dienone is 1.